The van der Waals surface area contributed by atoms with Gasteiger partial charge in [0.25, 0.3) is 0 Å². The van der Waals surface area contributed by atoms with Crippen molar-refractivity contribution in [1.29, 1.82) is 0 Å². The Labute approximate surface area is 178 Å². The van der Waals surface area contributed by atoms with Crippen LogP contribution in [0.25, 0.3) is 21.7 Å². The van der Waals surface area contributed by atoms with Crippen molar-refractivity contribution in [3.63, 3.8) is 0 Å². The van der Waals surface area contributed by atoms with Crippen LogP contribution in [0.2, 0.25) is 0 Å². The normalized spacial score (nSPS) is 12.4. The zero-order chi connectivity index (χ0) is 20.5. The molecule has 148 valence electrons. The summed E-state index contributed by atoms with van der Waals surface area (Å²) in [5, 5.41) is 9.01. The quantitative estimate of drug-likeness (QED) is 0.277. The van der Waals surface area contributed by atoms with Crippen LogP contribution in [0.4, 0.5) is 0 Å². The smallest absolute Gasteiger partial charge is 0.336 e. The van der Waals surface area contributed by atoms with E-state index in [2.05, 4.69) is 66.2 Å². The Balaban J connectivity index is 1.58. The van der Waals surface area contributed by atoms with E-state index in [9.17, 15) is 4.79 Å². The lowest BCUT2D eigenvalue weighted by Gasteiger charge is -2.19. The fourth-order valence-corrected chi connectivity index (χ4v) is 4.80. The topological polar surface area (TPSA) is 42.2 Å². The van der Waals surface area contributed by atoms with Crippen molar-refractivity contribution in [3.8, 4) is 0 Å². The molecule has 1 atom stereocenters. The maximum atomic E-state index is 12.2. The summed E-state index contributed by atoms with van der Waals surface area (Å²) in [6.07, 6.45) is 0. The Morgan fingerprint density at radius 2 is 1.80 bits per heavy atom. The van der Waals surface area contributed by atoms with Crippen LogP contribution in [-0.2, 0) is 6.54 Å². The van der Waals surface area contributed by atoms with Crippen molar-refractivity contribution in [2.24, 2.45) is 0 Å². The highest BCUT2D eigenvalue weighted by Crippen LogP contribution is 2.30. The third kappa shape index (κ3) is 3.56. The Kier molecular flexibility index (Phi) is 4.95. The maximum absolute atomic E-state index is 12.2. The van der Waals surface area contributed by atoms with Crippen molar-refractivity contribution in [3.05, 3.63) is 116 Å². The van der Waals surface area contributed by atoms with Crippen molar-refractivity contribution in [2.45, 2.75) is 19.5 Å². The van der Waals surface area contributed by atoms with E-state index in [1.807, 2.05) is 24.3 Å². The minimum atomic E-state index is -0.322. The largest absolute Gasteiger partial charge is 0.423 e. The Morgan fingerprint density at radius 1 is 0.967 bits per heavy atom. The fraction of sp³-hybridized carbons (Fsp3) is 0.115. The second-order valence-electron chi connectivity index (χ2n) is 7.49. The minimum absolute atomic E-state index is 0.0582. The van der Waals surface area contributed by atoms with Gasteiger partial charge >= 0.3 is 5.63 Å². The van der Waals surface area contributed by atoms with Crippen molar-refractivity contribution < 1.29 is 4.42 Å². The molecule has 0 saturated heterocycles. The van der Waals surface area contributed by atoms with E-state index in [-0.39, 0.29) is 11.7 Å². The van der Waals surface area contributed by atoms with E-state index in [0.717, 1.165) is 21.7 Å². The third-order valence-electron chi connectivity index (χ3n) is 5.45. The van der Waals surface area contributed by atoms with Gasteiger partial charge in [0.15, 0.2) is 0 Å². The van der Waals surface area contributed by atoms with E-state index in [1.165, 1.54) is 16.0 Å². The standard InChI is InChI=1S/C26H21NO2S/c1-17-8-10-19(11-9-17)26(23-7-4-14-30-23)27-16-20-15-24(28)29-22-13-12-18-5-2-3-6-21(18)25(20)22/h2-15,26-27H,16H2,1H3/t26-/m1/s1. The van der Waals surface area contributed by atoms with Gasteiger partial charge in [-0.05, 0) is 46.3 Å². The van der Waals surface area contributed by atoms with E-state index in [1.54, 1.807) is 17.4 Å². The summed E-state index contributed by atoms with van der Waals surface area (Å²) in [6, 6.07) is 26.6. The molecule has 3 nitrogen and oxygen atoms in total. The van der Waals surface area contributed by atoms with Gasteiger partial charge in [-0.2, -0.15) is 0 Å². The van der Waals surface area contributed by atoms with Crippen molar-refractivity contribution in [1.82, 2.24) is 5.32 Å². The van der Waals surface area contributed by atoms with Crippen molar-refractivity contribution >= 4 is 33.1 Å². The first kappa shape index (κ1) is 18.8. The molecular formula is C26H21NO2S. The average molecular weight is 412 g/mol. The summed E-state index contributed by atoms with van der Waals surface area (Å²) in [4.78, 5) is 13.5. The molecule has 0 aliphatic carbocycles. The van der Waals surface area contributed by atoms with Crippen LogP contribution in [0, 0.1) is 6.92 Å². The van der Waals surface area contributed by atoms with Crippen molar-refractivity contribution in [2.75, 3.05) is 0 Å². The lowest BCUT2D eigenvalue weighted by Crippen LogP contribution is -2.22. The van der Waals surface area contributed by atoms with Crippen LogP contribution >= 0.6 is 11.3 Å². The number of fused-ring (bicyclic) bond motifs is 3. The van der Waals surface area contributed by atoms with Crippen LogP contribution < -0.4 is 10.9 Å². The van der Waals surface area contributed by atoms with Gasteiger partial charge in [0.1, 0.15) is 5.58 Å². The molecule has 0 unspecified atom stereocenters. The molecule has 0 fully saturated rings. The molecule has 0 saturated carbocycles. The number of nitrogens with one attached hydrogen (secondary N) is 1. The summed E-state index contributed by atoms with van der Waals surface area (Å²) >= 11 is 1.73. The Bertz CT molecular complexity index is 1370. The zero-order valence-corrected chi connectivity index (χ0v) is 17.4. The molecule has 1 N–H and O–H groups in total. The van der Waals surface area contributed by atoms with Gasteiger partial charge in [0.2, 0.25) is 0 Å². The van der Waals surface area contributed by atoms with E-state index < -0.39 is 0 Å². The van der Waals surface area contributed by atoms with Gasteiger partial charge < -0.3 is 9.73 Å². The van der Waals surface area contributed by atoms with Crippen LogP contribution in [0.15, 0.2) is 93.5 Å². The highest BCUT2D eigenvalue weighted by Gasteiger charge is 2.16. The summed E-state index contributed by atoms with van der Waals surface area (Å²) in [5.41, 5.74) is 3.70. The molecule has 3 aromatic carbocycles. The molecule has 0 bridgehead atoms. The van der Waals surface area contributed by atoms with Crippen LogP contribution in [0.3, 0.4) is 0 Å². The first-order chi connectivity index (χ1) is 14.7. The van der Waals surface area contributed by atoms with Gasteiger partial charge in [-0.15, -0.1) is 11.3 Å². The summed E-state index contributed by atoms with van der Waals surface area (Å²) < 4.78 is 5.51. The highest BCUT2D eigenvalue weighted by molar-refractivity contribution is 7.10. The predicted octanol–water partition coefficient (Wildman–Crippen LogP) is 6.20. The molecule has 4 heteroatoms. The van der Waals surface area contributed by atoms with Gasteiger partial charge in [0.05, 0.1) is 6.04 Å². The van der Waals surface area contributed by atoms with Gasteiger partial charge in [-0.3, -0.25) is 0 Å². The van der Waals surface area contributed by atoms with Crippen LogP contribution in [-0.4, -0.2) is 0 Å². The summed E-state index contributed by atoms with van der Waals surface area (Å²) in [7, 11) is 0. The molecule has 2 aromatic heterocycles. The van der Waals surface area contributed by atoms with Gasteiger partial charge in [-0.1, -0.05) is 66.2 Å². The lowest BCUT2D eigenvalue weighted by atomic mass is 10.0. The molecule has 30 heavy (non-hydrogen) atoms. The first-order valence-electron chi connectivity index (χ1n) is 9.97. The summed E-state index contributed by atoms with van der Waals surface area (Å²) in [5.74, 6) is 0. The van der Waals surface area contributed by atoms with Crippen LogP contribution in [0.1, 0.15) is 27.6 Å². The number of hydrogen-bond donors (Lipinski definition) is 1. The highest BCUT2D eigenvalue weighted by atomic mass is 32.1. The second-order valence-corrected chi connectivity index (χ2v) is 8.47. The number of hydrogen-bond acceptors (Lipinski definition) is 4. The maximum Gasteiger partial charge on any atom is 0.336 e. The monoisotopic (exact) mass is 411 g/mol. The third-order valence-corrected chi connectivity index (χ3v) is 6.39. The van der Waals surface area contributed by atoms with E-state index >= 15 is 0 Å². The molecule has 0 spiro atoms. The molecular weight excluding hydrogens is 390 g/mol. The van der Waals surface area contributed by atoms with E-state index in [4.69, 9.17) is 4.42 Å². The fourth-order valence-electron chi connectivity index (χ4n) is 3.97. The second kappa shape index (κ2) is 7.90. The lowest BCUT2D eigenvalue weighted by molar-refractivity contribution is 0.554. The number of benzene rings is 3. The molecule has 0 aliphatic rings. The molecule has 0 aliphatic heterocycles. The molecule has 5 rings (SSSR count). The number of rotatable bonds is 5. The Morgan fingerprint density at radius 3 is 2.60 bits per heavy atom. The minimum Gasteiger partial charge on any atom is -0.423 e. The molecule has 2 heterocycles. The van der Waals surface area contributed by atoms with E-state index in [0.29, 0.717) is 12.1 Å². The van der Waals surface area contributed by atoms with Gasteiger partial charge in [-0.25, -0.2) is 4.79 Å². The number of aryl methyl sites for hydroxylation is 1. The summed E-state index contributed by atoms with van der Waals surface area (Å²) in [6.45, 7) is 2.66. The Hall–Kier alpha value is -3.21. The first-order valence-corrected chi connectivity index (χ1v) is 10.8. The van der Waals surface area contributed by atoms with Crippen LogP contribution in [0.5, 0.6) is 0 Å². The molecule has 0 radical (unpaired) electrons. The SMILES string of the molecule is Cc1ccc([C@@H](NCc2cc(=O)oc3ccc4ccccc4c23)c2cccs2)cc1. The zero-order valence-electron chi connectivity index (χ0n) is 16.6. The predicted molar refractivity (Wildman–Crippen MR) is 124 cm³/mol. The number of thiophene rings is 1. The average Bonchev–Trinajstić information content (AvgIpc) is 3.29. The molecule has 0 amide bonds. The van der Waals surface area contributed by atoms with Gasteiger partial charge in [0, 0.05) is 22.9 Å². The molecule has 5 aromatic rings.